The van der Waals surface area contributed by atoms with Crippen molar-refractivity contribution < 1.29 is 0 Å². The molecule has 90 valence electrons. The van der Waals surface area contributed by atoms with Gasteiger partial charge in [0, 0.05) is 4.90 Å². The number of rotatable bonds is 3. The first-order valence-electron chi connectivity index (χ1n) is 5.56. The number of nitriles is 1. The minimum Gasteiger partial charge on any atom is -0.170 e. The molecule has 0 saturated heterocycles. The Bertz CT molecular complexity index is 425. The molecule has 0 unspecified atom stereocenters. The van der Waals surface area contributed by atoms with Gasteiger partial charge in [-0.25, -0.2) is 0 Å². The lowest BCUT2D eigenvalue weighted by molar-refractivity contribution is 1.01. The fourth-order valence-corrected chi connectivity index (χ4v) is 3.23. The van der Waals surface area contributed by atoms with Crippen LogP contribution in [0.4, 0.5) is 0 Å². The molecule has 0 radical (unpaired) electrons. The average molecular weight is 264 g/mol. The summed E-state index contributed by atoms with van der Waals surface area (Å²) in [5, 5.41) is 8.63. The Balaban J connectivity index is 3.11. The van der Waals surface area contributed by atoms with Crippen molar-refractivity contribution in [1.82, 2.24) is 0 Å². The van der Waals surface area contributed by atoms with Gasteiger partial charge in [0.05, 0.1) is 0 Å². The van der Waals surface area contributed by atoms with Gasteiger partial charge in [0.25, 0.3) is 0 Å². The van der Waals surface area contributed by atoms with Crippen molar-refractivity contribution in [3.05, 3.63) is 29.3 Å². The zero-order valence-electron chi connectivity index (χ0n) is 10.4. The Kier molecular flexibility index (Phi) is 6.17. The number of hydrogen-bond acceptors (Lipinski definition) is 4. The van der Waals surface area contributed by atoms with E-state index in [1.165, 1.54) is 27.8 Å². The van der Waals surface area contributed by atoms with Crippen LogP contribution >= 0.6 is 23.5 Å². The predicted octanol–water partition coefficient (Wildman–Crippen LogP) is 4.10. The van der Waals surface area contributed by atoms with Crippen LogP contribution in [0.3, 0.4) is 0 Å². The number of thioether (sulfide) groups is 2. The van der Waals surface area contributed by atoms with Crippen LogP contribution in [0.2, 0.25) is 0 Å². The molecule has 0 atom stereocenters. The highest BCUT2D eigenvalue weighted by molar-refractivity contribution is 8.38. The summed E-state index contributed by atoms with van der Waals surface area (Å²) in [5.74, 6) is 0. The van der Waals surface area contributed by atoms with E-state index in [9.17, 15) is 0 Å². The number of nitrogens with zero attached hydrogens (tertiary/aromatic N) is 2. The molecule has 1 aromatic carbocycles. The molecule has 4 heteroatoms. The SMILES string of the molecule is CCc1cccc(CC)c1SC(=NC#N)SC. The summed E-state index contributed by atoms with van der Waals surface area (Å²) in [6.07, 6.45) is 5.82. The van der Waals surface area contributed by atoms with Crippen molar-refractivity contribution in [1.29, 1.82) is 5.26 Å². The molecule has 1 rings (SSSR count). The second-order valence-corrected chi connectivity index (χ2v) is 5.45. The molecule has 0 aliphatic heterocycles. The Hall–Kier alpha value is -0.920. The van der Waals surface area contributed by atoms with Crippen LogP contribution in [0.1, 0.15) is 25.0 Å². The van der Waals surface area contributed by atoms with Crippen molar-refractivity contribution in [3.8, 4) is 6.19 Å². The molecule has 0 bridgehead atoms. The molecule has 0 amide bonds. The monoisotopic (exact) mass is 264 g/mol. The summed E-state index contributed by atoms with van der Waals surface area (Å²) in [5.41, 5.74) is 2.66. The van der Waals surface area contributed by atoms with Crippen molar-refractivity contribution in [2.45, 2.75) is 31.6 Å². The highest BCUT2D eigenvalue weighted by Gasteiger charge is 2.10. The number of hydrogen-bond donors (Lipinski definition) is 0. The average Bonchev–Trinajstić information content (AvgIpc) is 2.38. The van der Waals surface area contributed by atoms with Crippen LogP contribution in [0.25, 0.3) is 0 Å². The fraction of sp³-hybridized carbons (Fsp3) is 0.385. The van der Waals surface area contributed by atoms with Gasteiger partial charge in [0.2, 0.25) is 6.19 Å². The smallest absolute Gasteiger partial charge is 0.170 e. The van der Waals surface area contributed by atoms with E-state index < -0.39 is 0 Å². The van der Waals surface area contributed by atoms with Crippen molar-refractivity contribution in [3.63, 3.8) is 0 Å². The molecule has 0 saturated carbocycles. The van der Waals surface area contributed by atoms with Gasteiger partial charge in [-0.3, -0.25) is 0 Å². The normalized spacial score (nSPS) is 11.3. The van der Waals surface area contributed by atoms with E-state index in [4.69, 9.17) is 5.26 Å². The maximum Gasteiger partial charge on any atom is 0.207 e. The summed E-state index contributed by atoms with van der Waals surface area (Å²) in [7, 11) is 0. The van der Waals surface area contributed by atoms with Gasteiger partial charge in [-0.2, -0.15) is 10.3 Å². The molecule has 0 aliphatic carbocycles. The van der Waals surface area contributed by atoms with E-state index in [2.05, 4.69) is 37.0 Å². The maximum absolute atomic E-state index is 8.63. The second kappa shape index (κ2) is 7.41. The molecule has 0 heterocycles. The van der Waals surface area contributed by atoms with Gasteiger partial charge in [-0.05, 0) is 30.2 Å². The minimum atomic E-state index is 0.808. The Morgan fingerprint density at radius 3 is 2.29 bits per heavy atom. The zero-order valence-corrected chi connectivity index (χ0v) is 12.0. The first kappa shape index (κ1) is 14.1. The lowest BCUT2D eigenvalue weighted by Crippen LogP contribution is -1.95. The topological polar surface area (TPSA) is 36.1 Å². The molecule has 0 aromatic heterocycles. The van der Waals surface area contributed by atoms with Crippen molar-refractivity contribution in [2.75, 3.05) is 6.26 Å². The summed E-state index contributed by atoms with van der Waals surface area (Å²) >= 11 is 3.12. The molecule has 1 aromatic rings. The Morgan fingerprint density at radius 2 is 1.88 bits per heavy atom. The number of benzene rings is 1. The first-order chi connectivity index (χ1) is 8.26. The van der Waals surface area contributed by atoms with Gasteiger partial charge in [0.1, 0.15) is 4.38 Å². The molecular formula is C13H16N2S2. The number of aliphatic imine (C=N–C) groups is 1. The summed E-state index contributed by atoms with van der Waals surface area (Å²) in [6, 6.07) is 6.39. The molecule has 0 spiro atoms. The first-order valence-corrected chi connectivity index (χ1v) is 7.60. The van der Waals surface area contributed by atoms with Crippen LogP contribution in [0, 0.1) is 11.5 Å². The van der Waals surface area contributed by atoms with E-state index >= 15 is 0 Å². The summed E-state index contributed by atoms with van der Waals surface area (Å²) in [4.78, 5) is 5.10. The third-order valence-corrected chi connectivity index (χ3v) is 4.63. The van der Waals surface area contributed by atoms with Gasteiger partial charge in [-0.1, -0.05) is 43.8 Å². The third-order valence-electron chi connectivity index (χ3n) is 2.45. The third kappa shape index (κ3) is 3.79. The molecule has 2 nitrogen and oxygen atoms in total. The standard InChI is InChI=1S/C13H16N2S2/c1-4-10-7-6-8-11(5-2)12(10)17-13(16-3)15-9-14/h6-8H,4-5H2,1-3H3. The Morgan fingerprint density at radius 1 is 1.29 bits per heavy atom. The Labute approximate surface area is 112 Å². The van der Waals surface area contributed by atoms with Gasteiger partial charge < -0.3 is 0 Å². The maximum atomic E-state index is 8.63. The van der Waals surface area contributed by atoms with Crippen LogP contribution in [-0.2, 0) is 12.8 Å². The van der Waals surface area contributed by atoms with Gasteiger partial charge in [-0.15, -0.1) is 11.8 Å². The summed E-state index contributed by atoms with van der Waals surface area (Å²) in [6.45, 7) is 4.30. The summed E-state index contributed by atoms with van der Waals surface area (Å²) < 4.78 is 0.808. The van der Waals surface area contributed by atoms with E-state index in [0.717, 1.165) is 17.2 Å². The molecule has 0 fully saturated rings. The van der Waals surface area contributed by atoms with Crippen molar-refractivity contribution >= 4 is 27.9 Å². The predicted molar refractivity (Wildman–Crippen MR) is 77.6 cm³/mol. The lowest BCUT2D eigenvalue weighted by atomic mass is 10.1. The molecule has 0 aliphatic rings. The fourth-order valence-electron chi connectivity index (χ4n) is 1.56. The second-order valence-electron chi connectivity index (χ2n) is 3.40. The van der Waals surface area contributed by atoms with Gasteiger partial charge >= 0.3 is 0 Å². The van der Waals surface area contributed by atoms with Crippen molar-refractivity contribution in [2.24, 2.45) is 4.99 Å². The van der Waals surface area contributed by atoms with Crippen LogP contribution in [0.15, 0.2) is 28.1 Å². The van der Waals surface area contributed by atoms with Crippen LogP contribution < -0.4 is 0 Å². The highest BCUT2D eigenvalue weighted by atomic mass is 32.2. The van der Waals surface area contributed by atoms with Crippen LogP contribution in [-0.4, -0.2) is 10.6 Å². The van der Waals surface area contributed by atoms with Crippen LogP contribution in [0.5, 0.6) is 0 Å². The quantitative estimate of drug-likeness (QED) is 0.357. The minimum absolute atomic E-state index is 0.808. The van der Waals surface area contributed by atoms with E-state index in [-0.39, 0.29) is 0 Å². The largest absolute Gasteiger partial charge is 0.207 e. The molecular weight excluding hydrogens is 248 g/mol. The van der Waals surface area contributed by atoms with Gasteiger partial charge in [0.15, 0.2) is 0 Å². The molecule has 0 N–H and O–H groups in total. The van der Waals surface area contributed by atoms with E-state index in [1.807, 2.05) is 12.4 Å². The van der Waals surface area contributed by atoms with E-state index in [0.29, 0.717) is 0 Å². The molecule has 17 heavy (non-hydrogen) atoms. The van der Waals surface area contributed by atoms with E-state index in [1.54, 1.807) is 11.8 Å². The highest BCUT2D eigenvalue weighted by Crippen LogP contribution is 2.32. The number of aryl methyl sites for hydroxylation is 2. The lowest BCUT2D eigenvalue weighted by Gasteiger charge is -2.12. The zero-order chi connectivity index (χ0) is 12.7.